The van der Waals surface area contributed by atoms with Gasteiger partial charge in [-0.2, -0.15) is 0 Å². The van der Waals surface area contributed by atoms with Gasteiger partial charge in [0.25, 0.3) is 0 Å². The minimum atomic E-state index is -0.662. The summed E-state index contributed by atoms with van der Waals surface area (Å²) >= 11 is 1.94. The van der Waals surface area contributed by atoms with Crippen LogP contribution in [-0.4, -0.2) is 41.4 Å². The summed E-state index contributed by atoms with van der Waals surface area (Å²) in [5.41, 5.74) is 3.79. The molecule has 1 fully saturated rings. The molecule has 1 heterocycles. The summed E-state index contributed by atoms with van der Waals surface area (Å²) < 4.78 is -0.314. The number of carboxylic acids is 1. The Bertz CT molecular complexity index is 866. The van der Waals surface area contributed by atoms with Crippen LogP contribution in [0.3, 0.4) is 0 Å². The number of aliphatic carboxylic acids is 1. The average Bonchev–Trinajstić information content (AvgIpc) is 2.84. The molecule has 0 aliphatic carbocycles. The summed E-state index contributed by atoms with van der Waals surface area (Å²) in [6, 6.07) is 32.2. The Labute approximate surface area is 189 Å². The average molecular weight is 432 g/mol. The van der Waals surface area contributed by atoms with Gasteiger partial charge >= 0.3 is 5.97 Å². The number of piperidine rings is 1. The maximum absolute atomic E-state index is 11.5. The van der Waals surface area contributed by atoms with Crippen molar-refractivity contribution >= 4 is 17.7 Å². The fourth-order valence-electron chi connectivity index (χ4n) is 4.56. The topological polar surface area (TPSA) is 40.5 Å². The molecule has 1 N–H and O–H groups in total. The quantitative estimate of drug-likeness (QED) is 0.478. The van der Waals surface area contributed by atoms with E-state index in [2.05, 4.69) is 95.9 Å². The van der Waals surface area contributed by atoms with E-state index in [4.69, 9.17) is 0 Å². The normalized spacial score (nSPS) is 17.4. The van der Waals surface area contributed by atoms with Crippen LogP contribution in [0, 0.1) is 5.92 Å². The predicted molar refractivity (Wildman–Crippen MR) is 128 cm³/mol. The van der Waals surface area contributed by atoms with Crippen molar-refractivity contribution in [2.75, 3.05) is 25.4 Å². The molecule has 1 aliphatic heterocycles. The number of thioether (sulfide) groups is 1. The Hall–Kier alpha value is -2.56. The van der Waals surface area contributed by atoms with Crippen molar-refractivity contribution in [2.45, 2.75) is 17.6 Å². The van der Waals surface area contributed by atoms with E-state index in [1.54, 1.807) is 0 Å². The van der Waals surface area contributed by atoms with E-state index in [9.17, 15) is 9.90 Å². The molecule has 1 saturated heterocycles. The molecule has 31 heavy (non-hydrogen) atoms. The maximum Gasteiger partial charge on any atom is 0.307 e. The van der Waals surface area contributed by atoms with Crippen molar-refractivity contribution < 1.29 is 9.90 Å². The lowest BCUT2D eigenvalue weighted by molar-refractivity contribution is -0.143. The van der Waals surface area contributed by atoms with E-state index in [-0.39, 0.29) is 10.7 Å². The van der Waals surface area contributed by atoms with Gasteiger partial charge in [0.1, 0.15) is 0 Å². The highest BCUT2D eigenvalue weighted by atomic mass is 32.2. The standard InChI is InChI=1S/C27H29NO2S/c29-26(30)22-11-10-18-28(21-22)19-20-31-27(23-12-4-1-5-13-23,24-14-6-2-7-15-24)25-16-8-3-9-17-25/h1-9,12-17,22H,10-11,18-21H2,(H,29,30)/t22-/m0/s1. The number of benzene rings is 3. The summed E-state index contributed by atoms with van der Waals surface area (Å²) in [4.78, 5) is 13.8. The number of hydrogen-bond acceptors (Lipinski definition) is 3. The molecule has 0 bridgehead atoms. The molecular weight excluding hydrogens is 402 g/mol. The van der Waals surface area contributed by atoms with E-state index < -0.39 is 5.97 Å². The van der Waals surface area contributed by atoms with Crippen LogP contribution in [0.1, 0.15) is 29.5 Å². The third-order valence-electron chi connectivity index (χ3n) is 6.12. The van der Waals surface area contributed by atoms with Gasteiger partial charge in [0.15, 0.2) is 0 Å². The molecule has 3 aromatic rings. The lowest BCUT2D eigenvalue weighted by Crippen LogP contribution is -2.40. The highest BCUT2D eigenvalue weighted by Gasteiger charge is 2.37. The van der Waals surface area contributed by atoms with Crippen LogP contribution in [0.15, 0.2) is 91.0 Å². The summed E-state index contributed by atoms with van der Waals surface area (Å²) in [5, 5.41) is 9.42. The molecular formula is C27H29NO2S. The second-order valence-corrected chi connectivity index (χ2v) is 9.42. The van der Waals surface area contributed by atoms with E-state index in [0.717, 1.165) is 31.7 Å². The van der Waals surface area contributed by atoms with Crippen LogP contribution in [0.4, 0.5) is 0 Å². The molecule has 3 nitrogen and oxygen atoms in total. The zero-order valence-electron chi connectivity index (χ0n) is 17.7. The van der Waals surface area contributed by atoms with Crippen LogP contribution < -0.4 is 0 Å². The summed E-state index contributed by atoms with van der Waals surface area (Å²) in [7, 11) is 0. The van der Waals surface area contributed by atoms with Gasteiger partial charge in [-0.1, -0.05) is 91.0 Å². The molecule has 1 atom stereocenters. The molecule has 1 aliphatic rings. The van der Waals surface area contributed by atoms with Gasteiger partial charge in [-0.3, -0.25) is 4.79 Å². The predicted octanol–water partition coefficient (Wildman–Crippen LogP) is 5.51. The van der Waals surface area contributed by atoms with Crippen molar-refractivity contribution in [1.82, 2.24) is 4.90 Å². The smallest absolute Gasteiger partial charge is 0.307 e. The number of carbonyl (C=O) groups is 1. The van der Waals surface area contributed by atoms with Gasteiger partial charge in [-0.25, -0.2) is 0 Å². The molecule has 0 amide bonds. The molecule has 3 aromatic carbocycles. The van der Waals surface area contributed by atoms with Gasteiger partial charge in [0.2, 0.25) is 0 Å². The van der Waals surface area contributed by atoms with E-state index in [1.165, 1.54) is 16.7 Å². The number of likely N-dealkylation sites (tertiary alicyclic amines) is 1. The Kier molecular flexibility index (Phi) is 7.10. The van der Waals surface area contributed by atoms with E-state index >= 15 is 0 Å². The first-order valence-corrected chi connectivity index (χ1v) is 11.9. The highest BCUT2D eigenvalue weighted by Crippen LogP contribution is 2.48. The third kappa shape index (κ3) is 4.86. The summed E-state index contributed by atoms with van der Waals surface area (Å²) in [6.45, 7) is 2.53. The van der Waals surface area contributed by atoms with Crippen LogP contribution in [0.25, 0.3) is 0 Å². The van der Waals surface area contributed by atoms with Crippen molar-refractivity contribution in [2.24, 2.45) is 5.92 Å². The highest BCUT2D eigenvalue weighted by molar-refractivity contribution is 8.00. The monoisotopic (exact) mass is 431 g/mol. The minimum absolute atomic E-state index is 0.235. The molecule has 0 aromatic heterocycles. The lowest BCUT2D eigenvalue weighted by Gasteiger charge is -2.37. The lowest BCUT2D eigenvalue weighted by atomic mass is 9.84. The SMILES string of the molecule is O=C(O)[C@H]1CCCN(CCSC(c2ccccc2)(c2ccccc2)c2ccccc2)C1. The van der Waals surface area contributed by atoms with Crippen molar-refractivity contribution in [3.63, 3.8) is 0 Å². The first-order chi connectivity index (χ1) is 15.2. The zero-order chi connectivity index (χ0) is 21.5. The van der Waals surface area contributed by atoms with Crippen LogP contribution >= 0.6 is 11.8 Å². The first kappa shape index (κ1) is 21.7. The second-order valence-electron chi connectivity index (χ2n) is 8.11. The van der Waals surface area contributed by atoms with Crippen molar-refractivity contribution in [3.05, 3.63) is 108 Å². The number of rotatable bonds is 8. The summed E-state index contributed by atoms with van der Waals surface area (Å²) in [6.07, 6.45) is 1.75. The molecule has 0 unspecified atom stereocenters. The van der Waals surface area contributed by atoms with E-state index in [0.29, 0.717) is 6.54 Å². The Morgan fingerprint density at radius 2 is 1.35 bits per heavy atom. The molecule has 160 valence electrons. The molecule has 0 radical (unpaired) electrons. The van der Waals surface area contributed by atoms with Gasteiger partial charge in [-0.05, 0) is 36.1 Å². The fraction of sp³-hybridized carbons (Fsp3) is 0.296. The minimum Gasteiger partial charge on any atom is -0.481 e. The second kappa shape index (κ2) is 10.2. The maximum atomic E-state index is 11.5. The van der Waals surface area contributed by atoms with Crippen LogP contribution in [0.2, 0.25) is 0 Å². The summed E-state index contributed by atoms with van der Waals surface area (Å²) in [5.74, 6) is 0.0239. The molecule has 4 rings (SSSR count). The van der Waals surface area contributed by atoms with Gasteiger partial charge in [0.05, 0.1) is 10.7 Å². The molecule has 0 spiro atoms. The fourth-order valence-corrected chi connectivity index (χ4v) is 6.12. The first-order valence-electron chi connectivity index (χ1n) is 11.0. The van der Waals surface area contributed by atoms with Gasteiger partial charge < -0.3 is 10.0 Å². The number of carboxylic acid groups (broad SMARTS) is 1. The van der Waals surface area contributed by atoms with E-state index in [1.807, 2.05) is 11.8 Å². The third-order valence-corrected chi connectivity index (χ3v) is 7.65. The van der Waals surface area contributed by atoms with Crippen molar-refractivity contribution in [1.29, 1.82) is 0 Å². The largest absolute Gasteiger partial charge is 0.481 e. The zero-order valence-corrected chi connectivity index (χ0v) is 18.5. The number of nitrogens with zero attached hydrogens (tertiary/aromatic N) is 1. The van der Waals surface area contributed by atoms with Gasteiger partial charge in [-0.15, -0.1) is 11.8 Å². The van der Waals surface area contributed by atoms with Crippen LogP contribution in [-0.2, 0) is 9.54 Å². The number of hydrogen-bond donors (Lipinski definition) is 1. The molecule has 0 saturated carbocycles. The Balaban J connectivity index is 1.65. The van der Waals surface area contributed by atoms with Crippen LogP contribution in [0.5, 0.6) is 0 Å². The Morgan fingerprint density at radius 1 is 0.871 bits per heavy atom. The Morgan fingerprint density at radius 3 is 1.81 bits per heavy atom. The molecule has 4 heteroatoms. The van der Waals surface area contributed by atoms with Crippen molar-refractivity contribution in [3.8, 4) is 0 Å². The van der Waals surface area contributed by atoms with Gasteiger partial charge in [0, 0.05) is 18.8 Å².